The number of benzene rings is 1. The Hall–Kier alpha value is -0.640. The summed E-state index contributed by atoms with van der Waals surface area (Å²) in [7, 11) is 0. The molecule has 0 bridgehead atoms. The lowest BCUT2D eigenvalue weighted by atomic mass is 9.98. The third kappa shape index (κ3) is 3.68. The zero-order valence-electron chi connectivity index (χ0n) is 11.5. The Bertz CT molecular complexity index is 405. The van der Waals surface area contributed by atoms with Gasteiger partial charge in [-0.15, -0.1) is 0 Å². The SMILES string of the molecule is CCCC[C@@H](c1cccc(Cl)c1F)N1CCNCC1. The number of nitrogens with one attached hydrogen (secondary N) is 1. The molecule has 1 aromatic carbocycles. The summed E-state index contributed by atoms with van der Waals surface area (Å²) in [4.78, 5) is 2.38. The van der Waals surface area contributed by atoms with Crippen LogP contribution in [-0.4, -0.2) is 31.1 Å². The van der Waals surface area contributed by atoms with Gasteiger partial charge in [0.05, 0.1) is 5.02 Å². The molecule has 2 nitrogen and oxygen atoms in total. The van der Waals surface area contributed by atoms with Crippen molar-refractivity contribution in [1.82, 2.24) is 10.2 Å². The standard InChI is InChI=1S/C15H22ClFN2/c1-2-3-7-14(19-10-8-18-9-11-19)12-5-4-6-13(16)15(12)17/h4-6,14,18H,2-3,7-11H2,1H3/t14-/m0/s1. The summed E-state index contributed by atoms with van der Waals surface area (Å²) in [6, 6.07) is 5.50. The van der Waals surface area contributed by atoms with E-state index in [2.05, 4.69) is 17.1 Å². The van der Waals surface area contributed by atoms with Crippen LogP contribution in [-0.2, 0) is 0 Å². The van der Waals surface area contributed by atoms with Gasteiger partial charge >= 0.3 is 0 Å². The summed E-state index contributed by atoms with van der Waals surface area (Å²) < 4.78 is 14.3. The lowest BCUT2D eigenvalue weighted by Gasteiger charge is -2.35. The fourth-order valence-corrected chi connectivity index (χ4v) is 2.89. The molecule has 1 aliphatic heterocycles. The van der Waals surface area contributed by atoms with Crippen LogP contribution < -0.4 is 5.32 Å². The Morgan fingerprint density at radius 3 is 2.79 bits per heavy atom. The third-order valence-electron chi connectivity index (χ3n) is 3.76. The van der Waals surface area contributed by atoms with Crippen LogP contribution in [0.15, 0.2) is 18.2 Å². The molecule has 0 spiro atoms. The fraction of sp³-hybridized carbons (Fsp3) is 0.600. The second-order valence-electron chi connectivity index (χ2n) is 5.09. The molecule has 1 N–H and O–H groups in total. The average Bonchev–Trinajstić information content (AvgIpc) is 2.45. The van der Waals surface area contributed by atoms with Crippen molar-refractivity contribution in [3.05, 3.63) is 34.6 Å². The number of halogens is 2. The van der Waals surface area contributed by atoms with E-state index >= 15 is 0 Å². The minimum Gasteiger partial charge on any atom is -0.314 e. The molecule has 0 aromatic heterocycles. The van der Waals surface area contributed by atoms with Gasteiger partial charge in [-0.25, -0.2) is 4.39 Å². The van der Waals surface area contributed by atoms with E-state index in [0.29, 0.717) is 0 Å². The number of nitrogens with zero attached hydrogens (tertiary/aromatic N) is 1. The molecule has 1 aromatic rings. The van der Waals surface area contributed by atoms with Crippen molar-refractivity contribution in [2.75, 3.05) is 26.2 Å². The topological polar surface area (TPSA) is 15.3 Å². The van der Waals surface area contributed by atoms with Gasteiger partial charge in [-0.05, 0) is 12.5 Å². The van der Waals surface area contributed by atoms with Crippen LogP contribution in [0.3, 0.4) is 0 Å². The lowest BCUT2D eigenvalue weighted by Crippen LogP contribution is -2.45. The molecule has 4 heteroatoms. The Kier molecular flexibility index (Phi) is 5.61. The largest absolute Gasteiger partial charge is 0.314 e. The van der Waals surface area contributed by atoms with Gasteiger partial charge in [0.2, 0.25) is 0 Å². The van der Waals surface area contributed by atoms with Crippen LogP contribution in [0.4, 0.5) is 4.39 Å². The van der Waals surface area contributed by atoms with Crippen LogP contribution in [0.25, 0.3) is 0 Å². The number of hydrogen-bond donors (Lipinski definition) is 1. The molecule has 0 radical (unpaired) electrons. The molecule has 0 unspecified atom stereocenters. The maximum absolute atomic E-state index is 14.3. The Morgan fingerprint density at radius 2 is 2.11 bits per heavy atom. The Balaban J connectivity index is 2.22. The molecule has 1 aliphatic rings. The van der Waals surface area contributed by atoms with Gasteiger partial charge in [0.1, 0.15) is 5.82 Å². The van der Waals surface area contributed by atoms with Gasteiger partial charge < -0.3 is 5.32 Å². The minimum atomic E-state index is -0.246. The van der Waals surface area contributed by atoms with Gasteiger partial charge in [0.15, 0.2) is 0 Å². The van der Waals surface area contributed by atoms with Crippen molar-refractivity contribution in [3.8, 4) is 0 Å². The van der Waals surface area contributed by atoms with E-state index in [-0.39, 0.29) is 16.9 Å². The maximum Gasteiger partial charge on any atom is 0.146 e. The second kappa shape index (κ2) is 7.22. The first-order chi connectivity index (χ1) is 9.24. The third-order valence-corrected chi connectivity index (χ3v) is 4.06. The quantitative estimate of drug-likeness (QED) is 0.888. The Labute approximate surface area is 119 Å². The highest BCUT2D eigenvalue weighted by molar-refractivity contribution is 6.30. The monoisotopic (exact) mass is 284 g/mol. The average molecular weight is 285 g/mol. The highest BCUT2D eigenvalue weighted by Gasteiger charge is 2.24. The normalized spacial score (nSPS) is 18.5. The zero-order valence-corrected chi connectivity index (χ0v) is 12.2. The zero-order chi connectivity index (χ0) is 13.7. The first-order valence-corrected chi connectivity index (χ1v) is 7.50. The van der Waals surface area contributed by atoms with Crippen LogP contribution in [0.2, 0.25) is 5.02 Å². The fourth-order valence-electron chi connectivity index (χ4n) is 2.70. The number of piperazine rings is 1. The van der Waals surface area contributed by atoms with Crippen molar-refractivity contribution in [3.63, 3.8) is 0 Å². The highest BCUT2D eigenvalue weighted by atomic mass is 35.5. The van der Waals surface area contributed by atoms with Gasteiger partial charge in [-0.1, -0.05) is 43.5 Å². The van der Waals surface area contributed by atoms with Gasteiger partial charge in [-0.3, -0.25) is 4.90 Å². The molecule has 1 saturated heterocycles. The molecule has 0 aliphatic carbocycles. The lowest BCUT2D eigenvalue weighted by molar-refractivity contribution is 0.160. The molecule has 0 saturated carbocycles. The molecule has 1 heterocycles. The molecular formula is C15H22ClFN2. The first kappa shape index (κ1) is 14.8. The van der Waals surface area contributed by atoms with Crippen LogP contribution in [0.5, 0.6) is 0 Å². The predicted molar refractivity (Wildman–Crippen MR) is 78.1 cm³/mol. The van der Waals surface area contributed by atoms with E-state index in [0.717, 1.165) is 51.0 Å². The van der Waals surface area contributed by atoms with E-state index in [1.54, 1.807) is 6.07 Å². The summed E-state index contributed by atoms with van der Waals surface area (Å²) in [6.07, 6.45) is 3.24. The van der Waals surface area contributed by atoms with Crippen LogP contribution >= 0.6 is 11.6 Å². The molecule has 1 fully saturated rings. The Morgan fingerprint density at radius 1 is 1.37 bits per heavy atom. The predicted octanol–water partition coefficient (Wildman–Crippen LogP) is 3.62. The van der Waals surface area contributed by atoms with Gasteiger partial charge in [-0.2, -0.15) is 0 Å². The molecule has 0 amide bonds. The number of hydrogen-bond acceptors (Lipinski definition) is 2. The first-order valence-electron chi connectivity index (χ1n) is 7.12. The van der Waals surface area contributed by atoms with Crippen LogP contribution in [0.1, 0.15) is 37.8 Å². The van der Waals surface area contributed by atoms with Crippen molar-refractivity contribution in [2.45, 2.75) is 32.2 Å². The maximum atomic E-state index is 14.3. The smallest absolute Gasteiger partial charge is 0.146 e. The van der Waals surface area contributed by atoms with E-state index in [1.165, 1.54) is 0 Å². The highest BCUT2D eigenvalue weighted by Crippen LogP contribution is 2.31. The van der Waals surface area contributed by atoms with Gasteiger partial charge in [0, 0.05) is 37.8 Å². The van der Waals surface area contributed by atoms with Crippen molar-refractivity contribution < 1.29 is 4.39 Å². The summed E-state index contributed by atoms with van der Waals surface area (Å²) in [5.74, 6) is -0.246. The number of rotatable bonds is 5. The molecule has 1 atom stereocenters. The number of unbranched alkanes of at least 4 members (excludes halogenated alkanes) is 1. The van der Waals surface area contributed by atoms with Crippen LogP contribution in [0, 0.1) is 5.82 Å². The van der Waals surface area contributed by atoms with E-state index < -0.39 is 0 Å². The summed E-state index contributed by atoms with van der Waals surface area (Å²) in [6.45, 7) is 6.07. The summed E-state index contributed by atoms with van der Waals surface area (Å²) >= 11 is 5.93. The van der Waals surface area contributed by atoms with Crippen molar-refractivity contribution in [1.29, 1.82) is 0 Å². The summed E-state index contributed by atoms with van der Waals surface area (Å²) in [5, 5.41) is 3.57. The molecular weight excluding hydrogens is 263 g/mol. The van der Waals surface area contributed by atoms with E-state index in [9.17, 15) is 4.39 Å². The minimum absolute atomic E-state index is 0.153. The molecule has 106 valence electrons. The summed E-state index contributed by atoms with van der Waals surface area (Å²) in [5.41, 5.74) is 0.753. The van der Waals surface area contributed by atoms with Crippen molar-refractivity contribution >= 4 is 11.6 Å². The second-order valence-corrected chi connectivity index (χ2v) is 5.49. The van der Waals surface area contributed by atoms with Gasteiger partial charge in [0.25, 0.3) is 0 Å². The van der Waals surface area contributed by atoms with Crippen molar-refractivity contribution in [2.24, 2.45) is 0 Å². The molecule has 19 heavy (non-hydrogen) atoms. The van der Waals surface area contributed by atoms with E-state index in [1.807, 2.05) is 12.1 Å². The van der Waals surface area contributed by atoms with E-state index in [4.69, 9.17) is 11.6 Å². The molecule has 2 rings (SSSR count).